The summed E-state index contributed by atoms with van der Waals surface area (Å²) in [7, 11) is 0. The highest BCUT2D eigenvalue weighted by molar-refractivity contribution is 5.92. The number of anilines is 1. The van der Waals surface area contributed by atoms with Crippen molar-refractivity contribution >= 4 is 11.7 Å². The molecular weight excluding hydrogens is 214 g/mol. The first-order valence-corrected chi connectivity index (χ1v) is 6.21. The average Bonchev–Trinajstić information content (AvgIpc) is 2.78. The van der Waals surface area contributed by atoms with Gasteiger partial charge in [-0.25, -0.2) is 4.98 Å². The second-order valence-electron chi connectivity index (χ2n) is 4.66. The molecule has 4 nitrogen and oxygen atoms in total. The van der Waals surface area contributed by atoms with Gasteiger partial charge in [0.2, 0.25) is 5.91 Å². The third-order valence-corrected chi connectivity index (χ3v) is 3.34. The van der Waals surface area contributed by atoms with E-state index in [0.29, 0.717) is 5.56 Å². The highest BCUT2D eigenvalue weighted by Crippen LogP contribution is 2.24. The van der Waals surface area contributed by atoms with Gasteiger partial charge in [0.1, 0.15) is 5.82 Å². The fourth-order valence-electron chi connectivity index (χ4n) is 2.40. The zero-order valence-corrected chi connectivity index (χ0v) is 10.2. The molecule has 0 aromatic carbocycles. The lowest BCUT2D eigenvalue weighted by Crippen LogP contribution is -2.21. The zero-order valence-electron chi connectivity index (χ0n) is 10.2. The van der Waals surface area contributed by atoms with Crippen molar-refractivity contribution in [3.63, 3.8) is 0 Å². The van der Waals surface area contributed by atoms with Crippen LogP contribution < -0.4 is 10.6 Å². The smallest absolute Gasteiger partial charge is 0.250 e. The number of pyridine rings is 1. The summed E-state index contributed by atoms with van der Waals surface area (Å²) in [5.74, 6) is 1.32. The van der Waals surface area contributed by atoms with E-state index in [1.165, 1.54) is 19.3 Å². The van der Waals surface area contributed by atoms with E-state index < -0.39 is 5.91 Å². The minimum absolute atomic E-state index is 0.422. The van der Waals surface area contributed by atoms with E-state index in [1.54, 1.807) is 12.3 Å². The van der Waals surface area contributed by atoms with Gasteiger partial charge in [-0.05, 0) is 30.9 Å². The first kappa shape index (κ1) is 11.9. The molecule has 1 unspecified atom stereocenters. The number of amides is 1. The van der Waals surface area contributed by atoms with Gasteiger partial charge in [0.05, 0.1) is 5.56 Å². The maximum Gasteiger partial charge on any atom is 0.250 e. The number of hydrogen-bond acceptors (Lipinski definition) is 3. The van der Waals surface area contributed by atoms with Gasteiger partial charge in [0.25, 0.3) is 0 Å². The Kier molecular flexibility index (Phi) is 3.61. The molecular formula is C13H19N3O. The third kappa shape index (κ3) is 2.75. The average molecular weight is 233 g/mol. The number of carbonyl (C=O) groups is 1. The molecule has 2 N–H and O–H groups in total. The maximum atomic E-state index is 10.9. The molecule has 1 amide bonds. The molecule has 1 saturated heterocycles. The number of nitrogens with two attached hydrogens (primary N) is 1. The maximum absolute atomic E-state index is 10.9. The van der Waals surface area contributed by atoms with E-state index in [4.69, 9.17) is 5.73 Å². The Bertz CT molecular complexity index is 388. The largest absolute Gasteiger partial charge is 0.366 e. The minimum Gasteiger partial charge on any atom is -0.366 e. The van der Waals surface area contributed by atoms with Gasteiger partial charge in [-0.1, -0.05) is 13.3 Å². The number of carbonyl (C=O) groups excluding carboxylic acids is 1. The van der Waals surface area contributed by atoms with Crippen molar-refractivity contribution in [1.82, 2.24) is 4.98 Å². The molecule has 17 heavy (non-hydrogen) atoms. The standard InChI is InChI=1S/C13H19N3O/c1-2-3-10-6-7-16(9-10)12-5-4-11(8-15-12)13(14)17/h4-5,8,10H,2-3,6-7,9H2,1H3,(H2,14,17). The van der Waals surface area contributed by atoms with Crippen LogP contribution in [-0.2, 0) is 0 Å². The minimum atomic E-state index is -0.422. The van der Waals surface area contributed by atoms with Gasteiger partial charge in [0, 0.05) is 19.3 Å². The summed E-state index contributed by atoms with van der Waals surface area (Å²) in [6, 6.07) is 3.63. The molecule has 1 aliphatic rings. The van der Waals surface area contributed by atoms with Crippen LogP contribution in [0.5, 0.6) is 0 Å². The molecule has 4 heteroatoms. The summed E-state index contributed by atoms with van der Waals surface area (Å²) >= 11 is 0. The Balaban J connectivity index is 2.01. The molecule has 2 rings (SSSR count). The van der Waals surface area contributed by atoms with Crippen LogP contribution >= 0.6 is 0 Å². The van der Waals surface area contributed by atoms with E-state index in [1.807, 2.05) is 6.07 Å². The lowest BCUT2D eigenvalue weighted by atomic mass is 10.0. The first-order chi connectivity index (χ1) is 8.20. The van der Waals surface area contributed by atoms with Crippen LogP contribution in [0.2, 0.25) is 0 Å². The van der Waals surface area contributed by atoms with Crippen LogP contribution in [0.4, 0.5) is 5.82 Å². The van der Waals surface area contributed by atoms with E-state index in [-0.39, 0.29) is 0 Å². The Morgan fingerprint density at radius 1 is 1.59 bits per heavy atom. The molecule has 0 bridgehead atoms. The summed E-state index contributed by atoms with van der Waals surface area (Å²) in [6.45, 7) is 4.37. The summed E-state index contributed by atoms with van der Waals surface area (Å²) in [4.78, 5) is 17.5. The van der Waals surface area contributed by atoms with E-state index in [2.05, 4.69) is 16.8 Å². The van der Waals surface area contributed by atoms with E-state index in [9.17, 15) is 4.79 Å². The van der Waals surface area contributed by atoms with Crippen LogP contribution in [-0.4, -0.2) is 24.0 Å². The number of primary amides is 1. The van der Waals surface area contributed by atoms with Crippen LogP contribution in [0, 0.1) is 5.92 Å². The molecule has 1 fully saturated rings. The monoisotopic (exact) mass is 233 g/mol. The molecule has 0 radical (unpaired) electrons. The predicted octanol–water partition coefficient (Wildman–Crippen LogP) is 1.81. The number of rotatable bonds is 4. The number of aromatic nitrogens is 1. The topological polar surface area (TPSA) is 59.2 Å². The molecule has 92 valence electrons. The fraction of sp³-hybridized carbons (Fsp3) is 0.538. The van der Waals surface area contributed by atoms with Gasteiger partial charge in [0.15, 0.2) is 0 Å². The van der Waals surface area contributed by atoms with Crippen LogP contribution in [0.3, 0.4) is 0 Å². The quantitative estimate of drug-likeness (QED) is 0.862. The summed E-state index contributed by atoms with van der Waals surface area (Å²) in [5, 5.41) is 0. The van der Waals surface area contributed by atoms with E-state index >= 15 is 0 Å². The zero-order chi connectivity index (χ0) is 12.3. The summed E-state index contributed by atoms with van der Waals surface area (Å²) in [6.07, 6.45) is 5.33. The highest BCUT2D eigenvalue weighted by atomic mass is 16.1. The Labute approximate surface area is 102 Å². The first-order valence-electron chi connectivity index (χ1n) is 6.21. The third-order valence-electron chi connectivity index (χ3n) is 3.34. The van der Waals surface area contributed by atoms with Gasteiger partial charge in [-0.15, -0.1) is 0 Å². The van der Waals surface area contributed by atoms with Crippen LogP contribution in [0.1, 0.15) is 36.5 Å². The fourth-order valence-corrected chi connectivity index (χ4v) is 2.40. The summed E-state index contributed by atoms with van der Waals surface area (Å²) < 4.78 is 0. The van der Waals surface area contributed by atoms with Gasteiger partial charge in [-0.3, -0.25) is 4.79 Å². The van der Waals surface area contributed by atoms with E-state index in [0.717, 1.165) is 24.8 Å². The molecule has 0 saturated carbocycles. The second-order valence-corrected chi connectivity index (χ2v) is 4.66. The van der Waals surface area contributed by atoms with Crippen molar-refractivity contribution in [2.45, 2.75) is 26.2 Å². The molecule has 1 atom stereocenters. The van der Waals surface area contributed by atoms with Crippen molar-refractivity contribution in [2.75, 3.05) is 18.0 Å². The lowest BCUT2D eigenvalue weighted by molar-refractivity contribution is 0.1000. The molecule has 0 aliphatic carbocycles. The number of nitrogens with zero attached hydrogens (tertiary/aromatic N) is 2. The lowest BCUT2D eigenvalue weighted by Gasteiger charge is -2.17. The molecule has 1 aliphatic heterocycles. The Hall–Kier alpha value is -1.58. The number of hydrogen-bond donors (Lipinski definition) is 1. The van der Waals surface area contributed by atoms with Crippen LogP contribution in [0.15, 0.2) is 18.3 Å². The van der Waals surface area contributed by atoms with Gasteiger partial charge in [-0.2, -0.15) is 0 Å². The molecule has 1 aromatic heterocycles. The summed E-state index contributed by atoms with van der Waals surface area (Å²) in [5.41, 5.74) is 5.66. The van der Waals surface area contributed by atoms with Crippen molar-refractivity contribution in [3.8, 4) is 0 Å². The Morgan fingerprint density at radius 2 is 2.41 bits per heavy atom. The molecule has 2 heterocycles. The molecule has 0 spiro atoms. The van der Waals surface area contributed by atoms with Crippen LogP contribution in [0.25, 0.3) is 0 Å². The predicted molar refractivity (Wildman–Crippen MR) is 68.0 cm³/mol. The second kappa shape index (κ2) is 5.17. The SMILES string of the molecule is CCCC1CCN(c2ccc(C(N)=O)cn2)C1. The van der Waals surface area contributed by atoms with Crippen molar-refractivity contribution in [2.24, 2.45) is 11.7 Å². The van der Waals surface area contributed by atoms with Crippen molar-refractivity contribution in [3.05, 3.63) is 23.9 Å². The van der Waals surface area contributed by atoms with Crippen molar-refractivity contribution in [1.29, 1.82) is 0 Å². The van der Waals surface area contributed by atoms with Gasteiger partial charge < -0.3 is 10.6 Å². The van der Waals surface area contributed by atoms with Crippen molar-refractivity contribution < 1.29 is 4.79 Å². The molecule has 1 aromatic rings. The van der Waals surface area contributed by atoms with Gasteiger partial charge >= 0.3 is 0 Å². The highest BCUT2D eigenvalue weighted by Gasteiger charge is 2.22. The normalized spacial score (nSPS) is 19.6. The Morgan fingerprint density at radius 3 is 3.00 bits per heavy atom.